The SMILES string of the molecule is CC(C)(C)OC(=O)NCCCC(O)OCc1ccc(O)cc1. The Labute approximate surface area is 131 Å². The molecule has 0 spiro atoms. The lowest BCUT2D eigenvalue weighted by Gasteiger charge is -2.19. The standard InChI is InChI=1S/C16H25NO5/c1-16(2,3)22-15(20)17-10-4-5-14(19)21-11-12-6-8-13(18)9-7-12/h6-9,14,18-19H,4-5,10-11H2,1-3H3,(H,17,20). The summed E-state index contributed by atoms with van der Waals surface area (Å²) in [6, 6.07) is 6.59. The molecule has 0 fully saturated rings. The molecule has 0 aliphatic heterocycles. The quantitative estimate of drug-likeness (QED) is 0.532. The minimum absolute atomic E-state index is 0.192. The van der Waals surface area contributed by atoms with Gasteiger partial charge in [0.05, 0.1) is 6.61 Å². The minimum Gasteiger partial charge on any atom is -0.508 e. The number of ether oxygens (including phenoxy) is 2. The van der Waals surface area contributed by atoms with Gasteiger partial charge in [-0.1, -0.05) is 12.1 Å². The molecule has 0 aliphatic rings. The summed E-state index contributed by atoms with van der Waals surface area (Å²) in [5, 5.41) is 21.5. The van der Waals surface area contributed by atoms with E-state index >= 15 is 0 Å². The average molecular weight is 311 g/mol. The maximum absolute atomic E-state index is 11.4. The van der Waals surface area contributed by atoms with E-state index in [0.717, 1.165) is 5.56 Å². The number of hydrogen-bond acceptors (Lipinski definition) is 5. The van der Waals surface area contributed by atoms with Crippen molar-refractivity contribution < 1.29 is 24.5 Å². The molecule has 1 unspecified atom stereocenters. The molecule has 6 nitrogen and oxygen atoms in total. The molecule has 6 heteroatoms. The topological polar surface area (TPSA) is 88.0 Å². The molecule has 0 saturated carbocycles. The van der Waals surface area contributed by atoms with Gasteiger partial charge in [-0.15, -0.1) is 0 Å². The number of aliphatic hydroxyl groups excluding tert-OH is 1. The van der Waals surface area contributed by atoms with Crippen LogP contribution >= 0.6 is 0 Å². The highest BCUT2D eigenvalue weighted by molar-refractivity contribution is 5.67. The molecule has 22 heavy (non-hydrogen) atoms. The van der Waals surface area contributed by atoms with Crippen LogP contribution < -0.4 is 5.32 Å². The smallest absolute Gasteiger partial charge is 0.407 e. The second-order valence-electron chi connectivity index (χ2n) is 6.00. The summed E-state index contributed by atoms with van der Waals surface area (Å²) < 4.78 is 10.4. The van der Waals surface area contributed by atoms with Crippen molar-refractivity contribution in [2.24, 2.45) is 0 Å². The van der Waals surface area contributed by atoms with Gasteiger partial charge < -0.3 is 25.0 Å². The molecular weight excluding hydrogens is 286 g/mol. The van der Waals surface area contributed by atoms with E-state index in [1.165, 1.54) is 0 Å². The van der Waals surface area contributed by atoms with Crippen LogP contribution in [0.1, 0.15) is 39.2 Å². The van der Waals surface area contributed by atoms with Gasteiger partial charge in [-0.05, 0) is 51.3 Å². The van der Waals surface area contributed by atoms with E-state index in [2.05, 4.69) is 5.32 Å². The predicted octanol–water partition coefficient (Wildman–Crippen LogP) is 2.53. The fourth-order valence-corrected chi connectivity index (χ4v) is 1.65. The number of phenolic OH excluding ortho intramolecular Hbond substituents is 1. The third-order valence-electron chi connectivity index (χ3n) is 2.67. The molecule has 1 aromatic rings. The molecule has 1 amide bonds. The third kappa shape index (κ3) is 8.49. The maximum Gasteiger partial charge on any atom is 0.407 e. The molecule has 1 rings (SSSR count). The summed E-state index contributed by atoms with van der Waals surface area (Å²) in [6.07, 6.45) is -0.370. The number of phenols is 1. The molecule has 0 aromatic heterocycles. The number of nitrogens with one attached hydrogen (secondary N) is 1. The van der Waals surface area contributed by atoms with Crippen LogP contribution in [0.15, 0.2) is 24.3 Å². The second kappa shape index (κ2) is 8.60. The molecule has 0 radical (unpaired) electrons. The first kappa shape index (κ1) is 18.3. The highest BCUT2D eigenvalue weighted by Crippen LogP contribution is 2.12. The Kier molecular flexibility index (Phi) is 7.14. The van der Waals surface area contributed by atoms with Gasteiger partial charge in [0.2, 0.25) is 0 Å². The number of aromatic hydroxyl groups is 1. The Hall–Kier alpha value is -1.79. The second-order valence-corrected chi connectivity index (χ2v) is 6.00. The van der Waals surface area contributed by atoms with Gasteiger partial charge in [-0.25, -0.2) is 4.79 Å². The molecule has 0 bridgehead atoms. The summed E-state index contributed by atoms with van der Waals surface area (Å²) in [4.78, 5) is 11.4. The number of benzene rings is 1. The van der Waals surface area contributed by atoms with Crippen LogP contribution in [0.3, 0.4) is 0 Å². The summed E-state index contributed by atoms with van der Waals surface area (Å²) in [7, 11) is 0. The Morgan fingerprint density at radius 1 is 1.27 bits per heavy atom. The van der Waals surface area contributed by atoms with Gasteiger partial charge >= 0.3 is 6.09 Å². The average Bonchev–Trinajstić information content (AvgIpc) is 2.41. The van der Waals surface area contributed by atoms with Crippen molar-refractivity contribution in [3.63, 3.8) is 0 Å². The normalized spacial score (nSPS) is 12.7. The summed E-state index contributed by atoms with van der Waals surface area (Å²) >= 11 is 0. The largest absolute Gasteiger partial charge is 0.508 e. The van der Waals surface area contributed by atoms with Crippen LogP contribution in [0, 0.1) is 0 Å². The number of hydrogen-bond donors (Lipinski definition) is 3. The van der Waals surface area contributed by atoms with Crippen molar-refractivity contribution in [3.05, 3.63) is 29.8 Å². The first-order chi connectivity index (χ1) is 10.3. The van der Waals surface area contributed by atoms with Crippen molar-refractivity contribution in [1.82, 2.24) is 5.32 Å². The lowest BCUT2D eigenvalue weighted by atomic mass is 10.2. The van der Waals surface area contributed by atoms with E-state index in [9.17, 15) is 9.90 Å². The number of rotatable bonds is 7. The first-order valence-electron chi connectivity index (χ1n) is 7.31. The third-order valence-corrected chi connectivity index (χ3v) is 2.67. The molecule has 0 aliphatic carbocycles. The molecule has 0 heterocycles. The van der Waals surface area contributed by atoms with Crippen LogP contribution in [-0.4, -0.2) is 34.7 Å². The van der Waals surface area contributed by atoms with Gasteiger partial charge in [0, 0.05) is 6.54 Å². The zero-order chi connectivity index (χ0) is 16.6. The van der Waals surface area contributed by atoms with Crippen LogP contribution in [0.2, 0.25) is 0 Å². The summed E-state index contributed by atoms with van der Waals surface area (Å²) in [5.74, 6) is 0.192. The molecule has 0 saturated heterocycles. The maximum atomic E-state index is 11.4. The van der Waals surface area contributed by atoms with E-state index < -0.39 is 18.0 Å². The molecule has 1 aromatic carbocycles. The molecule has 3 N–H and O–H groups in total. The van der Waals surface area contributed by atoms with Crippen molar-refractivity contribution >= 4 is 6.09 Å². The van der Waals surface area contributed by atoms with E-state index in [1.807, 2.05) is 0 Å². The van der Waals surface area contributed by atoms with Crippen molar-refractivity contribution in [1.29, 1.82) is 0 Å². The minimum atomic E-state index is -0.894. The zero-order valence-electron chi connectivity index (χ0n) is 13.3. The Bertz CT molecular complexity index is 453. The van der Waals surface area contributed by atoms with Crippen LogP contribution in [-0.2, 0) is 16.1 Å². The lowest BCUT2D eigenvalue weighted by Crippen LogP contribution is -2.33. The lowest BCUT2D eigenvalue weighted by molar-refractivity contribution is -0.112. The number of aliphatic hydroxyl groups is 1. The van der Waals surface area contributed by atoms with Gasteiger partial charge in [0.15, 0.2) is 6.29 Å². The summed E-state index contributed by atoms with van der Waals surface area (Å²) in [5.41, 5.74) is 0.348. The number of alkyl carbamates (subject to hydrolysis) is 1. The monoisotopic (exact) mass is 311 g/mol. The Balaban J connectivity index is 2.12. The Morgan fingerprint density at radius 3 is 2.50 bits per heavy atom. The highest BCUT2D eigenvalue weighted by atomic mass is 16.6. The van der Waals surface area contributed by atoms with Crippen molar-refractivity contribution in [2.45, 2.75) is 52.1 Å². The van der Waals surface area contributed by atoms with Crippen LogP contribution in [0.25, 0.3) is 0 Å². The van der Waals surface area contributed by atoms with Gasteiger partial charge in [-0.2, -0.15) is 0 Å². The van der Waals surface area contributed by atoms with Crippen LogP contribution in [0.4, 0.5) is 4.79 Å². The first-order valence-corrected chi connectivity index (χ1v) is 7.31. The van der Waals surface area contributed by atoms with E-state index in [0.29, 0.717) is 19.4 Å². The van der Waals surface area contributed by atoms with Crippen LogP contribution in [0.5, 0.6) is 5.75 Å². The number of carbonyl (C=O) groups is 1. The fraction of sp³-hybridized carbons (Fsp3) is 0.562. The molecular formula is C16H25NO5. The van der Waals surface area contributed by atoms with E-state index in [-0.39, 0.29) is 12.4 Å². The van der Waals surface area contributed by atoms with Gasteiger partial charge in [-0.3, -0.25) is 0 Å². The predicted molar refractivity (Wildman–Crippen MR) is 82.4 cm³/mol. The van der Waals surface area contributed by atoms with Crippen molar-refractivity contribution in [3.8, 4) is 5.75 Å². The van der Waals surface area contributed by atoms with E-state index in [1.54, 1.807) is 45.0 Å². The van der Waals surface area contributed by atoms with Crippen molar-refractivity contribution in [2.75, 3.05) is 6.54 Å². The highest BCUT2D eigenvalue weighted by Gasteiger charge is 2.15. The van der Waals surface area contributed by atoms with Gasteiger partial charge in [0.25, 0.3) is 0 Å². The molecule has 124 valence electrons. The Morgan fingerprint density at radius 2 is 1.91 bits per heavy atom. The van der Waals surface area contributed by atoms with E-state index in [4.69, 9.17) is 14.6 Å². The molecule has 1 atom stereocenters. The zero-order valence-corrected chi connectivity index (χ0v) is 13.3. The number of carbonyl (C=O) groups excluding carboxylic acids is 1. The number of amides is 1. The summed E-state index contributed by atoms with van der Waals surface area (Å²) in [6.45, 7) is 6.07. The van der Waals surface area contributed by atoms with Gasteiger partial charge in [0.1, 0.15) is 11.4 Å². The fourth-order valence-electron chi connectivity index (χ4n) is 1.65.